The average Bonchev–Trinajstić information content (AvgIpc) is 3.27. The van der Waals surface area contributed by atoms with Gasteiger partial charge in [0.15, 0.2) is 0 Å². The van der Waals surface area contributed by atoms with Gasteiger partial charge in [-0.25, -0.2) is 4.68 Å². The van der Waals surface area contributed by atoms with Crippen molar-refractivity contribution < 1.29 is 14.3 Å². The largest absolute Gasteiger partial charge is 0.494 e. The van der Waals surface area contributed by atoms with E-state index in [1.54, 1.807) is 24.2 Å². The van der Waals surface area contributed by atoms with Crippen molar-refractivity contribution in [1.29, 1.82) is 0 Å². The summed E-state index contributed by atoms with van der Waals surface area (Å²) >= 11 is 0. The van der Waals surface area contributed by atoms with Crippen LogP contribution in [0.4, 0.5) is 5.69 Å². The Labute approximate surface area is 175 Å². The summed E-state index contributed by atoms with van der Waals surface area (Å²) in [6.45, 7) is 4.41. The van der Waals surface area contributed by atoms with E-state index in [0.29, 0.717) is 31.9 Å². The van der Waals surface area contributed by atoms with Gasteiger partial charge in [-0.15, -0.1) is 0 Å². The molecule has 1 aliphatic rings. The maximum Gasteiger partial charge on any atom is 0.254 e. The number of para-hydroxylation sites is 2. The van der Waals surface area contributed by atoms with Crippen molar-refractivity contribution in [2.24, 2.45) is 4.99 Å². The van der Waals surface area contributed by atoms with Gasteiger partial charge in [-0.3, -0.25) is 9.79 Å². The zero-order valence-corrected chi connectivity index (χ0v) is 17.1. The minimum Gasteiger partial charge on any atom is -0.494 e. The van der Waals surface area contributed by atoms with E-state index in [4.69, 9.17) is 9.47 Å². The van der Waals surface area contributed by atoms with E-state index in [0.717, 1.165) is 28.3 Å². The van der Waals surface area contributed by atoms with Crippen molar-refractivity contribution in [3.05, 3.63) is 71.5 Å². The van der Waals surface area contributed by atoms with E-state index >= 15 is 0 Å². The van der Waals surface area contributed by atoms with Crippen LogP contribution in [-0.2, 0) is 4.74 Å². The number of hydrogen-bond acceptors (Lipinski definition) is 5. The van der Waals surface area contributed by atoms with E-state index in [9.17, 15) is 4.79 Å². The Bertz CT molecular complexity index is 1070. The topological polar surface area (TPSA) is 69.0 Å². The SMILES string of the molecule is COc1ccccc1-n1cc(C=Nc2ccc(C(=O)N3CCOCC3)cc2C)cn1. The molecule has 1 aliphatic heterocycles. The van der Waals surface area contributed by atoms with Gasteiger partial charge in [-0.2, -0.15) is 5.10 Å². The first-order valence-corrected chi connectivity index (χ1v) is 9.85. The Balaban J connectivity index is 1.49. The van der Waals surface area contributed by atoms with Gasteiger partial charge in [0.2, 0.25) is 0 Å². The molecule has 7 nitrogen and oxygen atoms in total. The van der Waals surface area contributed by atoms with Crippen LogP contribution in [0.25, 0.3) is 5.69 Å². The minimum atomic E-state index is 0.0371. The van der Waals surface area contributed by atoms with E-state index in [1.807, 2.05) is 60.5 Å². The lowest BCUT2D eigenvalue weighted by molar-refractivity contribution is 0.0303. The minimum absolute atomic E-state index is 0.0371. The number of morpholine rings is 1. The lowest BCUT2D eigenvalue weighted by Gasteiger charge is -2.27. The highest BCUT2D eigenvalue weighted by Gasteiger charge is 2.18. The summed E-state index contributed by atoms with van der Waals surface area (Å²) in [5.41, 5.74) is 4.17. The van der Waals surface area contributed by atoms with Crippen LogP contribution in [-0.4, -0.2) is 60.2 Å². The van der Waals surface area contributed by atoms with Crippen LogP contribution >= 0.6 is 0 Å². The van der Waals surface area contributed by atoms with Gasteiger partial charge in [0.25, 0.3) is 5.91 Å². The average molecular weight is 404 g/mol. The molecule has 1 aromatic heterocycles. The molecule has 0 atom stereocenters. The number of aromatic nitrogens is 2. The Morgan fingerprint density at radius 3 is 2.77 bits per heavy atom. The molecule has 0 unspecified atom stereocenters. The molecule has 30 heavy (non-hydrogen) atoms. The first kappa shape index (κ1) is 19.8. The number of carbonyl (C=O) groups excluding carboxylic acids is 1. The van der Waals surface area contributed by atoms with Gasteiger partial charge in [-0.1, -0.05) is 12.1 Å². The summed E-state index contributed by atoms with van der Waals surface area (Å²) in [6.07, 6.45) is 5.42. The zero-order chi connectivity index (χ0) is 20.9. The van der Waals surface area contributed by atoms with Crippen molar-refractivity contribution in [3.63, 3.8) is 0 Å². The number of amides is 1. The highest BCUT2D eigenvalue weighted by molar-refractivity contribution is 5.95. The molecular weight excluding hydrogens is 380 g/mol. The summed E-state index contributed by atoms with van der Waals surface area (Å²) in [5.74, 6) is 0.787. The second-order valence-electron chi connectivity index (χ2n) is 7.05. The molecule has 154 valence electrons. The van der Waals surface area contributed by atoms with E-state index in [-0.39, 0.29) is 5.91 Å². The quantitative estimate of drug-likeness (QED) is 0.611. The summed E-state index contributed by atoms with van der Waals surface area (Å²) in [7, 11) is 1.64. The van der Waals surface area contributed by atoms with E-state index < -0.39 is 0 Å². The van der Waals surface area contributed by atoms with Gasteiger partial charge >= 0.3 is 0 Å². The fourth-order valence-electron chi connectivity index (χ4n) is 3.38. The molecule has 0 radical (unpaired) electrons. The van der Waals surface area contributed by atoms with Crippen LogP contribution in [0, 0.1) is 6.92 Å². The smallest absolute Gasteiger partial charge is 0.254 e. The second kappa shape index (κ2) is 8.92. The predicted molar refractivity (Wildman–Crippen MR) is 115 cm³/mol. The monoisotopic (exact) mass is 404 g/mol. The maximum atomic E-state index is 12.6. The summed E-state index contributed by atoms with van der Waals surface area (Å²) in [4.78, 5) is 19.1. The molecule has 7 heteroatoms. The molecule has 0 N–H and O–H groups in total. The van der Waals surface area contributed by atoms with Gasteiger partial charge < -0.3 is 14.4 Å². The number of nitrogens with zero attached hydrogens (tertiary/aromatic N) is 4. The number of carbonyl (C=O) groups is 1. The van der Waals surface area contributed by atoms with Crippen molar-refractivity contribution in [1.82, 2.24) is 14.7 Å². The molecule has 0 saturated carbocycles. The highest BCUT2D eigenvalue weighted by Crippen LogP contribution is 2.23. The Morgan fingerprint density at radius 2 is 2.00 bits per heavy atom. The molecule has 0 spiro atoms. The third-order valence-corrected chi connectivity index (χ3v) is 5.03. The third kappa shape index (κ3) is 4.26. The summed E-state index contributed by atoms with van der Waals surface area (Å²) in [6, 6.07) is 13.3. The van der Waals surface area contributed by atoms with E-state index in [1.165, 1.54) is 0 Å². The standard InChI is InChI=1S/C23H24N4O3/c1-17-13-19(23(28)26-9-11-30-12-10-26)7-8-20(17)24-14-18-15-25-27(16-18)21-5-3-4-6-22(21)29-2/h3-8,13-16H,9-12H2,1-2H3. The number of rotatable bonds is 5. The van der Waals surface area contributed by atoms with Crippen LogP contribution in [0.1, 0.15) is 21.5 Å². The summed E-state index contributed by atoms with van der Waals surface area (Å²) < 4.78 is 12.5. The normalized spacial score (nSPS) is 14.3. The number of ether oxygens (including phenoxy) is 2. The zero-order valence-electron chi connectivity index (χ0n) is 17.1. The molecule has 3 aromatic rings. The summed E-state index contributed by atoms with van der Waals surface area (Å²) in [5, 5.41) is 4.40. The third-order valence-electron chi connectivity index (χ3n) is 5.03. The van der Waals surface area contributed by atoms with Crippen LogP contribution in [0.5, 0.6) is 5.75 Å². The van der Waals surface area contributed by atoms with Crippen molar-refractivity contribution in [2.75, 3.05) is 33.4 Å². The van der Waals surface area contributed by atoms with Crippen LogP contribution < -0.4 is 4.74 Å². The molecular formula is C23H24N4O3. The first-order chi connectivity index (χ1) is 14.7. The lowest BCUT2D eigenvalue weighted by Crippen LogP contribution is -2.40. The maximum absolute atomic E-state index is 12.6. The number of methoxy groups -OCH3 is 1. The van der Waals surface area contributed by atoms with Crippen LogP contribution in [0.3, 0.4) is 0 Å². The molecule has 1 saturated heterocycles. The highest BCUT2D eigenvalue weighted by atomic mass is 16.5. The van der Waals surface area contributed by atoms with E-state index in [2.05, 4.69) is 10.1 Å². The number of aliphatic imine (C=N–C) groups is 1. The number of aryl methyl sites for hydroxylation is 1. The molecule has 1 amide bonds. The lowest BCUT2D eigenvalue weighted by atomic mass is 10.1. The van der Waals surface area contributed by atoms with Gasteiger partial charge in [0, 0.05) is 36.6 Å². The van der Waals surface area contributed by atoms with Crippen molar-refractivity contribution >= 4 is 17.8 Å². The number of hydrogen-bond donors (Lipinski definition) is 0. The second-order valence-corrected chi connectivity index (χ2v) is 7.05. The van der Waals surface area contributed by atoms with Crippen LogP contribution in [0.15, 0.2) is 59.9 Å². The predicted octanol–water partition coefficient (Wildman–Crippen LogP) is 3.41. The van der Waals surface area contributed by atoms with Crippen LogP contribution in [0.2, 0.25) is 0 Å². The molecule has 2 aromatic carbocycles. The number of benzene rings is 2. The fourth-order valence-corrected chi connectivity index (χ4v) is 3.38. The molecule has 2 heterocycles. The molecule has 0 aliphatic carbocycles. The fraction of sp³-hybridized carbons (Fsp3) is 0.261. The Hall–Kier alpha value is -3.45. The Kier molecular flexibility index (Phi) is 5.90. The van der Waals surface area contributed by atoms with Crippen molar-refractivity contribution in [2.45, 2.75) is 6.92 Å². The Morgan fingerprint density at radius 1 is 1.20 bits per heavy atom. The van der Waals surface area contributed by atoms with Gasteiger partial charge in [-0.05, 0) is 42.8 Å². The first-order valence-electron chi connectivity index (χ1n) is 9.85. The molecule has 1 fully saturated rings. The molecule has 4 rings (SSSR count). The van der Waals surface area contributed by atoms with Crippen molar-refractivity contribution in [3.8, 4) is 11.4 Å². The van der Waals surface area contributed by atoms with Gasteiger partial charge in [0.1, 0.15) is 11.4 Å². The molecule has 0 bridgehead atoms. The van der Waals surface area contributed by atoms with Gasteiger partial charge in [0.05, 0.1) is 32.2 Å².